The van der Waals surface area contributed by atoms with E-state index in [0.717, 1.165) is 24.1 Å². The minimum Gasteiger partial charge on any atom is -0.368 e. The number of nitrogens with zero attached hydrogens (tertiary/aromatic N) is 3. The van der Waals surface area contributed by atoms with E-state index in [4.69, 9.17) is 17.3 Å². The first-order valence-corrected chi connectivity index (χ1v) is 6.32. The van der Waals surface area contributed by atoms with Gasteiger partial charge in [0, 0.05) is 19.2 Å². The second kappa shape index (κ2) is 4.66. The maximum atomic E-state index is 13.2. The largest absolute Gasteiger partial charge is 0.368 e. The van der Waals surface area contributed by atoms with Gasteiger partial charge in [-0.1, -0.05) is 17.7 Å². The van der Waals surface area contributed by atoms with Crippen molar-refractivity contribution in [2.24, 2.45) is 0 Å². The Kier molecular flexibility index (Phi) is 2.98. The molecule has 4 nitrogen and oxygen atoms in total. The van der Waals surface area contributed by atoms with Gasteiger partial charge in [-0.15, -0.1) is 0 Å². The van der Waals surface area contributed by atoms with Gasteiger partial charge in [0.25, 0.3) is 0 Å². The van der Waals surface area contributed by atoms with Gasteiger partial charge >= 0.3 is 0 Å². The predicted molar refractivity (Wildman–Crippen MR) is 72.6 cm³/mol. The molecule has 6 heteroatoms. The average molecular weight is 279 g/mol. The van der Waals surface area contributed by atoms with Crippen LogP contribution < -0.4 is 10.6 Å². The monoisotopic (exact) mass is 278 g/mol. The van der Waals surface area contributed by atoms with E-state index >= 15 is 0 Å². The highest BCUT2D eigenvalue weighted by Crippen LogP contribution is 2.25. The van der Waals surface area contributed by atoms with E-state index in [9.17, 15) is 4.39 Å². The molecule has 0 aliphatic carbocycles. The Hall–Kier alpha value is -1.88. The van der Waals surface area contributed by atoms with Crippen LogP contribution in [0.3, 0.4) is 0 Å². The normalized spacial score (nSPS) is 14.3. The summed E-state index contributed by atoms with van der Waals surface area (Å²) in [7, 11) is 0. The number of halogens is 2. The highest BCUT2D eigenvalue weighted by Gasteiger charge is 2.18. The van der Waals surface area contributed by atoms with Gasteiger partial charge < -0.3 is 10.6 Å². The Morgan fingerprint density at radius 3 is 2.84 bits per heavy atom. The van der Waals surface area contributed by atoms with Crippen molar-refractivity contribution in [3.8, 4) is 0 Å². The number of hydrogen-bond donors (Lipinski definition) is 1. The van der Waals surface area contributed by atoms with Crippen molar-refractivity contribution in [2.45, 2.75) is 13.0 Å². The molecule has 0 saturated heterocycles. The Morgan fingerprint density at radius 1 is 1.21 bits per heavy atom. The summed E-state index contributed by atoms with van der Waals surface area (Å²) in [6.45, 7) is 1.42. The number of hydrogen-bond acceptors (Lipinski definition) is 4. The lowest BCUT2D eigenvalue weighted by Crippen LogP contribution is -2.31. The van der Waals surface area contributed by atoms with Gasteiger partial charge in [-0.3, -0.25) is 0 Å². The third-order valence-electron chi connectivity index (χ3n) is 3.20. The molecule has 0 atom stereocenters. The molecule has 2 heterocycles. The fourth-order valence-corrected chi connectivity index (χ4v) is 2.49. The van der Waals surface area contributed by atoms with Gasteiger partial charge in [0.15, 0.2) is 0 Å². The maximum Gasteiger partial charge on any atom is 0.223 e. The first-order valence-electron chi connectivity index (χ1n) is 5.94. The lowest BCUT2D eigenvalue weighted by molar-refractivity contribution is 0.618. The number of anilines is 2. The summed E-state index contributed by atoms with van der Waals surface area (Å²) in [5.74, 6) is 0.668. The molecule has 0 saturated carbocycles. The molecular weight excluding hydrogens is 267 g/mol. The van der Waals surface area contributed by atoms with E-state index in [2.05, 4.69) is 14.9 Å². The molecule has 1 aliphatic heterocycles. The molecule has 0 spiro atoms. The second-order valence-corrected chi connectivity index (χ2v) is 4.88. The molecule has 19 heavy (non-hydrogen) atoms. The Balaban J connectivity index is 1.91. The topological polar surface area (TPSA) is 55.0 Å². The summed E-state index contributed by atoms with van der Waals surface area (Å²) in [4.78, 5) is 10.1. The smallest absolute Gasteiger partial charge is 0.223 e. The molecule has 3 rings (SSSR count). The molecule has 1 aromatic heterocycles. The molecule has 0 fully saturated rings. The summed E-state index contributed by atoms with van der Waals surface area (Å²) in [5, 5.41) is 0.326. The van der Waals surface area contributed by atoms with Crippen molar-refractivity contribution in [3.05, 3.63) is 46.4 Å². The van der Waals surface area contributed by atoms with Gasteiger partial charge in [0.1, 0.15) is 16.8 Å². The van der Waals surface area contributed by atoms with E-state index < -0.39 is 0 Å². The Labute approximate surface area is 115 Å². The first-order chi connectivity index (χ1) is 9.11. The van der Waals surface area contributed by atoms with Crippen LogP contribution in [-0.2, 0) is 13.0 Å². The van der Waals surface area contributed by atoms with Crippen molar-refractivity contribution in [1.82, 2.24) is 9.97 Å². The Bertz CT molecular complexity index is 612. The minimum absolute atomic E-state index is 0.160. The van der Waals surface area contributed by atoms with E-state index in [1.165, 1.54) is 6.07 Å². The summed E-state index contributed by atoms with van der Waals surface area (Å²) in [5.41, 5.74) is 7.74. The number of benzene rings is 1. The van der Waals surface area contributed by atoms with Crippen LogP contribution >= 0.6 is 11.6 Å². The van der Waals surface area contributed by atoms with Crippen LogP contribution in [0.25, 0.3) is 0 Å². The maximum absolute atomic E-state index is 13.2. The zero-order valence-electron chi connectivity index (χ0n) is 10.1. The molecule has 2 N–H and O–H groups in total. The SMILES string of the molecule is Nc1nc(Cl)cc(N2CCc3cc(F)ccc3C2)n1. The summed E-state index contributed by atoms with van der Waals surface area (Å²) >= 11 is 5.88. The van der Waals surface area contributed by atoms with Crippen LogP contribution in [-0.4, -0.2) is 16.5 Å². The number of nitrogens with two attached hydrogens (primary N) is 1. The molecule has 0 amide bonds. The van der Waals surface area contributed by atoms with Crippen LogP contribution in [0.4, 0.5) is 16.2 Å². The van der Waals surface area contributed by atoms with Crippen LogP contribution in [0, 0.1) is 5.82 Å². The van der Waals surface area contributed by atoms with E-state index in [-0.39, 0.29) is 11.8 Å². The standard InChI is InChI=1S/C13H12ClFN4/c14-11-6-12(18-13(16)17-11)19-4-3-8-5-10(15)2-1-9(8)7-19/h1-2,5-6H,3-4,7H2,(H2,16,17,18). The van der Waals surface area contributed by atoms with E-state index in [0.29, 0.717) is 17.5 Å². The van der Waals surface area contributed by atoms with Gasteiger partial charge in [-0.25, -0.2) is 9.37 Å². The number of aromatic nitrogens is 2. The molecule has 0 bridgehead atoms. The fourth-order valence-electron chi connectivity index (χ4n) is 2.30. The fraction of sp³-hybridized carbons (Fsp3) is 0.231. The van der Waals surface area contributed by atoms with Crippen LogP contribution in [0.1, 0.15) is 11.1 Å². The van der Waals surface area contributed by atoms with Gasteiger partial charge in [-0.2, -0.15) is 4.98 Å². The van der Waals surface area contributed by atoms with E-state index in [1.54, 1.807) is 12.1 Å². The third-order valence-corrected chi connectivity index (χ3v) is 3.40. The van der Waals surface area contributed by atoms with E-state index in [1.807, 2.05) is 6.07 Å². The highest BCUT2D eigenvalue weighted by atomic mass is 35.5. The molecule has 98 valence electrons. The average Bonchev–Trinajstić information content (AvgIpc) is 2.37. The number of rotatable bonds is 1. The third kappa shape index (κ3) is 2.46. The predicted octanol–water partition coefficient (Wildman–Crippen LogP) is 2.41. The van der Waals surface area contributed by atoms with Crippen LogP contribution in [0.15, 0.2) is 24.3 Å². The summed E-state index contributed by atoms with van der Waals surface area (Å²) in [6.07, 6.45) is 0.772. The van der Waals surface area contributed by atoms with Gasteiger partial charge in [0.05, 0.1) is 0 Å². The highest BCUT2D eigenvalue weighted by molar-refractivity contribution is 6.29. The number of nitrogen functional groups attached to an aromatic ring is 1. The van der Waals surface area contributed by atoms with Crippen LogP contribution in [0.2, 0.25) is 5.15 Å². The minimum atomic E-state index is -0.193. The van der Waals surface area contributed by atoms with Crippen molar-refractivity contribution in [2.75, 3.05) is 17.2 Å². The molecular formula is C13H12ClFN4. The summed E-state index contributed by atoms with van der Waals surface area (Å²) in [6, 6.07) is 6.56. The molecule has 1 aliphatic rings. The molecule has 2 aromatic rings. The molecule has 1 aromatic carbocycles. The zero-order chi connectivity index (χ0) is 13.4. The van der Waals surface area contributed by atoms with Crippen molar-refractivity contribution in [3.63, 3.8) is 0 Å². The van der Waals surface area contributed by atoms with Crippen molar-refractivity contribution >= 4 is 23.4 Å². The van der Waals surface area contributed by atoms with Crippen LogP contribution in [0.5, 0.6) is 0 Å². The quantitative estimate of drug-likeness (QED) is 0.814. The zero-order valence-corrected chi connectivity index (χ0v) is 10.9. The van der Waals surface area contributed by atoms with Crippen molar-refractivity contribution < 1.29 is 4.39 Å². The second-order valence-electron chi connectivity index (χ2n) is 4.49. The number of fused-ring (bicyclic) bond motifs is 1. The molecule has 0 unspecified atom stereocenters. The van der Waals surface area contributed by atoms with Gasteiger partial charge in [-0.05, 0) is 29.7 Å². The lowest BCUT2D eigenvalue weighted by atomic mass is 10.00. The summed E-state index contributed by atoms with van der Waals surface area (Å²) < 4.78 is 13.2. The Morgan fingerprint density at radius 2 is 2.05 bits per heavy atom. The molecule has 0 radical (unpaired) electrons. The first kappa shape index (κ1) is 12.2. The lowest BCUT2D eigenvalue weighted by Gasteiger charge is -2.29. The van der Waals surface area contributed by atoms with Gasteiger partial charge in [0.2, 0.25) is 5.95 Å². The van der Waals surface area contributed by atoms with Crippen molar-refractivity contribution in [1.29, 1.82) is 0 Å².